The average Bonchev–Trinajstić information content (AvgIpc) is 3.46. The van der Waals surface area contributed by atoms with Crippen LogP contribution in [0.3, 0.4) is 0 Å². The fourth-order valence-electron chi connectivity index (χ4n) is 3.06. The molecule has 5 heteroatoms. The fourth-order valence-corrected chi connectivity index (χ4v) is 3.06. The number of H-pyrrole nitrogens is 1. The summed E-state index contributed by atoms with van der Waals surface area (Å²) in [5.74, 6) is 2.83. The lowest BCUT2D eigenvalue weighted by molar-refractivity contribution is 0.0715. The summed E-state index contributed by atoms with van der Waals surface area (Å²) < 4.78 is 5.92. The van der Waals surface area contributed by atoms with Gasteiger partial charge in [0.1, 0.15) is 17.1 Å². The number of furan rings is 1. The predicted octanol–water partition coefficient (Wildman–Crippen LogP) is 2.90. The lowest BCUT2D eigenvalue weighted by Gasteiger charge is -2.20. The van der Waals surface area contributed by atoms with Crippen LogP contribution in [-0.2, 0) is 6.54 Å². The van der Waals surface area contributed by atoms with Crippen molar-refractivity contribution in [2.24, 2.45) is 5.92 Å². The Hall–Kier alpha value is -2.30. The fraction of sp³-hybridized carbons (Fsp3) is 0.444. The van der Waals surface area contributed by atoms with Crippen molar-refractivity contribution in [1.82, 2.24) is 9.88 Å². The predicted molar refractivity (Wildman–Crippen MR) is 85.2 cm³/mol. The van der Waals surface area contributed by atoms with Crippen molar-refractivity contribution in [2.45, 2.75) is 44.7 Å². The van der Waals surface area contributed by atoms with Crippen molar-refractivity contribution in [3.05, 3.63) is 57.9 Å². The number of aromatic nitrogens is 1. The van der Waals surface area contributed by atoms with Gasteiger partial charge < -0.3 is 14.3 Å². The van der Waals surface area contributed by atoms with Crippen LogP contribution in [0.25, 0.3) is 0 Å². The van der Waals surface area contributed by atoms with E-state index in [1.54, 1.807) is 17.0 Å². The number of amides is 1. The molecule has 2 saturated carbocycles. The van der Waals surface area contributed by atoms with Crippen molar-refractivity contribution >= 4 is 5.91 Å². The molecule has 1 amide bonds. The Bertz CT molecular complexity index is 787. The quantitative estimate of drug-likeness (QED) is 0.923. The number of hydrogen-bond donors (Lipinski definition) is 1. The van der Waals surface area contributed by atoms with E-state index in [1.807, 2.05) is 12.1 Å². The van der Waals surface area contributed by atoms with Gasteiger partial charge in [0.15, 0.2) is 0 Å². The molecule has 0 radical (unpaired) electrons. The molecular formula is C18H20N2O3. The molecule has 0 spiro atoms. The summed E-state index contributed by atoms with van der Waals surface area (Å²) in [6.45, 7) is 2.65. The molecule has 0 unspecified atom stereocenters. The van der Waals surface area contributed by atoms with Crippen LogP contribution in [0.15, 0.2) is 39.7 Å². The maximum atomic E-state index is 12.7. The number of carbonyl (C=O) groups is 1. The van der Waals surface area contributed by atoms with Crippen molar-refractivity contribution < 1.29 is 9.21 Å². The van der Waals surface area contributed by atoms with Gasteiger partial charge in [0, 0.05) is 18.2 Å². The van der Waals surface area contributed by atoms with Gasteiger partial charge in [-0.1, -0.05) is 6.92 Å². The minimum atomic E-state index is -0.338. The molecular weight excluding hydrogens is 292 g/mol. The van der Waals surface area contributed by atoms with E-state index in [4.69, 9.17) is 4.42 Å². The first-order valence-electron chi connectivity index (χ1n) is 8.21. The Balaban J connectivity index is 1.54. The highest BCUT2D eigenvalue weighted by Gasteiger charge is 2.38. The van der Waals surface area contributed by atoms with E-state index in [-0.39, 0.29) is 23.1 Å². The average molecular weight is 312 g/mol. The van der Waals surface area contributed by atoms with Crippen molar-refractivity contribution in [2.75, 3.05) is 0 Å². The summed E-state index contributed by atoms with van der Waals surface area (Å²) in [6.07, 6.45) is 4.70. The van der Waals surface area contributed by atoms with Crippen molar-refractivity contribution in [3.63, 3.8) is 0 Å². The first-order chi connectivity index (χ1) is 11.1. The van der Waals surface area contributed by atoms with Crippen molar-refractivity contribution in [3.8, 4) is 0 Å². The van der Waals surface area contributed by atoms with E-state index in [9.17, 15) is 9.59 Å². The summed E-state index contributed by atoms with van der Waals surface area (Å²) in [7, 11) is 0. The second kappa shape index (κ2) is 5.41. The van der Waals surface area contributed by atoms with E-state index < -0.39 is 0 Å². The van der Waals surface area contributed by atoms with E-state index in [0.29, 0.717) is 18.4 Å². The third kappa shape index (κ3) is 2.83. The van der Waals surface area contributed by atoms with Gasteiger partial charge in [-0.05, 0) is 49.4 Å². The highest BCUT2D eigenvalue weighted by Crippen LogP contribution is 2.47. The summed E-state index contributed by atoms with van der Waals surface area (Å²) in [4.78, 5) is 28.9. The van der Waals surface area contributed by atoms with E-state index in [2.05, 4.69) is 11.9 Å². The topological polar surface area (TPSA) is 66.3 Å². The SMILES string of the molecule is C[C@@H]1C[C@@H]1c1ccc(CN(C(=O)c2ccc[nH]c2=O)C2CC2)o1. The van der Waals surface area contributed by atoms with Crippen LogP contribution in [-0.4, -0.2) is 21.8 Å². The zero-order valence-corrected chi connectivity index (χ0v) is 13.1. The zero-order chi connectivity index (χ0) is 16.0. The molecule has 2 fully saturated rings. The second-order valence-corrected chi connectivity index (χ2v) is 6.70. The van der Waals surface area contributed by atoms with Crippen LogP contribution in [0.1, 0.15) is 54.0 Å². The molecule has 2 atom stereocenters. The molecule has 0 saturated heterocycles. The number of hydrogen-bond acceptors (Lipinski definition) is 3. The minimum absolute atomic E-state index is 0.196. The number of pyridine rings is 1. The molecule has 2 aromatic heterocycles. The van der Waals surface area contributed by atoms with Gasteiger partial charge in [-0.25, -0.2) is 0 Å². The van der Waals surface area contributed by atoms with Gasteiger partial charge in [-0.15, -0.1) is 0 Å². The molecule has 2 aliphatic rings. The van der Waals surface area contributed by atoms with Crippen molar-refractivity contribution in [1.29, 1.82) is 0 Å². The van der Waals surface area contributed by atoms with E-state index in [0.717, 1.165) is 24.4 Å². The van der Waals surface area contributed by atoms with E-state index in [1.165, 1.54) is 12.6 Å². The van der Waals surface area contributed by atoms with Gasteiger partial charge in [-0.2, -0.15) is 0 Å². The maximum Gasteiger partial charge on any atom is 0.260 e. The summed E-state index contributed by atoms with van der Waals surface area (Å²) in [6, 6.07) is 7.46. The van der Waals surface area contributed by atoms with Crippen LogP contribution in [0.4, 0.5) is 0 Å². The number of nitrogens with one attached hydrogen (secondary N) is 1. The lowest BCUT2D eigenvalue weighted by atomic mass is 10.2. The molecule has 0 bridgehead atoms. The summed E-state index contributed by atoms with van der Waals surface area (Å²) in [5, 5.41) is 0. The largest absolute Gasteiger partial charge is 0.464 e. The molecule has 0 aromatic carbocycles. The number of nitrogens with zero attached hydrogens (tertiary/aromatic N) is 1. The third-order valence-electron chi connectivity index (χ3n) is 4.78. The first kappa shape index (κ1) is 14.3. The monoisotopic (exact) mass is 312 g/mol. The van der Waals surface area contributed by atoms with E-state index >= 15 is 0 Å². The Morgan fingerprint density at radius 3 is 2.78 bits per heavy atom. The Labute approximate surface area is 134 Å². The molecule has 4 rings (SSSR count). The summed E-state index contributed by atoms with van der Waals surface area (Å²) >= 11 is 0. The van der Waals surface area contributed by atoms with Gasteiger partial charge in [0.25, 0.3) is 11.5 Å². The second-order valence-electron chi connectivity index (χ2n) is 6.70. The van der Waals surface area contributed by atoms with Gasteiger partial charge >= 0.3 is 0 Å². The number of rotatable bonds is 5. The van der Waals surface area contributed by atoms with Crippen LogP contribution in [0.2, 0.25) is 0 Å². The number of aromatic amines is 1. The smallest absolute Gasteiger partial charge is 0.260 e. The maximum absolute atomic E-state index is 12.7. The highest BCUT2D eigenvalue weighted by atomic mass is 16.3. The van der Waals surface area contributed by atoms with Crippen LogP contribution in [0, 0.1) is 5.92 Å². The summed E-state index contributed by atoms with van der Waals surface area (Å²) in [5.41, 5.74) is -0.142. The van der Waals surface area contributed by atoms with Gasteiger partial charge in [0.05, 0.1) is 6.54 Å². The molecule has 5 nitrogen and oxygen atoms in total. The highest BCUT2D eigenvalue weighted by molar-refractivity contribution is 5.94. The van der Waals surface area contributed by atoms with Gasteiger partial charge in [-0.3, -0.25) is 9.59 Å². The molecule has 0 aliphatic heterocycles. The Morgan fingerprint density at radius 2 is 2.13 bits per heavy atom. The van der Waals surface area contributed by atoms with Gasteiger partial charge in [0.2, 0.25) is 0 Å². The zero-order valence-electron chi connectivity index (χ0n) is 13.1. The van der Waals surface area contributed by atoms with Crippen LogP contribution >= 0.6 is 0 Å². The Kier molecular flexibility index (Phi) is 3.36. The normalized spacial score (nSPS) is 22.8. The first-order valence-corrected chi connectivity index (χ1v) is 8.21. The molecule has 23 heavy (non-hydrogen) atoms. The molecule has 2 aliphatic carbocycles. The molecule has 2 aromatic rings. The standard InChI is InChI=1S/C18H20N2O3/c1-11-9-15(11)16-7-6-13(23-16)10-20(12-4-5-12)18(22)14-3-2-8-19-17(14)21/h2-3,6-8,11-12,15H,4-5,9-10H2,1H3,(H,19,21)/t11-,15+/m1/s1. The minimum Gasteiger partial charge on any atom is -0.464 e. The molecule has 120 valence electrons. The molecule has 2 heterocycles. The lowest BCUT2D eigenvalue weighted by Crippen LogP contribution is -2.35. The van der Waals surface area contributed by atoms with Crippen LogP contribution < -0.4 is 5.56 Å². The molecule has 1 N–H and O–H groups in total. The number of carbonyl (C=O) groups excluding carboxylic acids is 1. The Morgan fingerprint density at radius 1 is 1.35 bits per heavy atom. The van der Waals surface area contributed by atoms with Crippen LogP contribution in [0.5, 0.6) is 0 Å². The third-order valence-corrected chi connectivity index (χ3v) is 4.78.